The van der Waals surface area contributed by atoms with Gasteiger partial charge in [0.15, 0.2) is 0 Å². The van der Waals surface area contributed by atoms with Gasteiger partial charge in [-0.3, -0.25) is 4.99 Å². The van der Waals surface area contributed by atoms with Crippen LogP contribution < -0.4 is 5.73 Å². The molecule has 0 fully saturated rings. The van der Waals surface area contributed by atoms with Crippen molar-refractivity contribution in [2.24, 2.45) is 10.7 Å². The highest BCUT2D eigenvalue weighted by molar-refractivity contribution is 6.42. The van der Waals surface area contributed by atoms with E-state index in [2.05, 4.69) is 9.73 Å². The van der Waals surface area contributed by atoms with Gasteiger partial charge in [0.05, 0.1) is 7.11 Å². The molecular formula is C8H12N2O2. The summed E-state index contributed by atoms with van der Waals surface area (Å²) in [4.78, 5) is 15.0. The predicted molar refractivity (Wildman–Crippen MR) is 45.8 cm³/mol. The van der Waals surface area contributed by atoms with E-state index in [-0.39, 0.29) is 0 Å². The zero-order valence-electron chi connectivity index (χ0n) is 7.42. The van der Waals surface area contributed by atoms with Gasteiger partial charge >= 0.3 is 5.97 Å². The van der Waals surface area contributed by atoms with E-state index in [0.717, 1.165) is 5.57 Å². The lowest BCUT2D eigenvalue weighted by Gasteiger charge is -2.15. The van der Waals surface area contributed by atoms with Crippen LogP contribution in [0.3, 0.4) is 0 Å². The van der Waals surface area contributed by atoms with Crippen LogP contribution in [0.1, 0.15) is 13.8 Å². The molecule has 0 amide bonds. The summed E-state index contributed by atoms with van der Waals surface area (Å²) in [5.74, 6) is -0.441. The first-order valence-electron chi connectivity index (χ1n) is 3.63. The average molecular weight is 168 g/mol. The molecule has 12 heavy (non-hydrogen) atoms. The Hall–Kier alpha value is -1.16. The molecule has 1 atom stereocenters. The van der Waals surface area contributed by atoms with Gasteiger partial charge in [-0.1, -0.05) is 0 Å². The van der Waals surface area contributed by atoms with Gasteiger partial charge in [-0.05, 0) is 25.5 Å². The largest absolute Gasteiger partial charge is 0.464 e. The van der Waals surface area contributed by atoms with Crippen LogP contribution in [0.5, 0.6) is 0 Å². The molecule has 1 rings (SSSR count). The summed E-state index contributed by atoms with van der Waals surface area (Å²) in [6.07, 6.45) is 1.64. The zero-order chi connectivity index (χ0) is 9.35. The Kier molecular flexibility index (Phi) is 2.02. The van der Waals surface area contributed by atoms with Crippen LogP contribution in [0.25, 0.3) is 0 Å². The molecule has 2 N–H and O–H groups in total. The van der Waals surface area contributed by atoms with E-state index in [1.165, 1.54) is 7.11 Å². The zero-order valence-corrected chi connectivity index (χ0v) is 7.42. The molecule has 0 bridgehead atoms. The predicted octanol–water partition coefficient (Wildman–Crippen LogP) is 0.235. The van der Waals surface area contributed by atoms with Gasteiger partial charge in [-0.15, -0.1) is 0 Å². The minimum absolute atomic E-state index is 0.292. The van der Waals surface area contributed by atoms with Crippen LogP contribution in [0.2, 0.25) is 0 Å². The SMILES string of the molecule is COC(=O)C1=NC(C)(N)C(C)=C1. The highest BCUT2D eigenvalue weighted by Crippen LogP contribution is 2.21. The lowest BCUT2D eigenvalue weighted by molar-refractivity contribution is -0.132. The molecular weight excluding hydrogens is 156 g/mol. The first-order chi connectivity index (χ1) is 5.47. The van der Waals surface area contributed by atoms with Crippen LogP contribution >= 0.6 is 0 Å². The molecule has 1 heterocycles. The second-order valence-corrected chi connectivity index (χ2v) is 2.96. The third kappa shape index (κ3) is 1.38. The van der Waals surface area contributed by atoms with E-state index in [9.17, 15) is 4.79 Å². The fraction of sp³-hybridized carbons (Fsp3) is 0.500. The van der Waals surface area contributed by atoms with E-state index in [0.29, 0.717) is 5.71 Å². The van der Waals surface area contributed by atoms with E-state index in [1.54, 1.807) is 13.0 Å². The molecule has 0 saturated carbocycles. The number of aliphatic imine (C=N–C) groups is 1. The lowest BCUT2D eigenvalue weighted by Crippen LogP contribution is -2.33. The molecule has 4 heteroatoms. The van der Waals surface area contributed by atoms with Crippen LogP contribution in [0.15, 0.2) is 16.6 Å². The molecule has 66 valence electrons. The van der Waals surface area contributed by atoms with Gasteiger partial charge in [0, 0.05) is 0 Å². The van der Waals surface area contributed by atoms with E-state index in [1.807, 2.05) is 6.92 Å². The number of methoxy groups -OCH3 is 1. The van der Waals surface area contributed by atoms with Gasteiger partial charge in [0.2, 0.25) is 0 Å². The van der Waals surface area contributed by atoms with Crippen molar-refractivity contribution < 1.29 is 9.53 Å². The van der Waals surface area contributed by atoms with Crippen molar-refractivity contribution in [3.8, 4) is 0 Å². The quantitative estimate of drug-likeness (QED) is 0.570. The number of ether oxygens (including phenoxy) is 1. The minimum atomic E-state index is -0.747. The fourth-order valence-electron chi connectivity index (χ4n) is 0.931. The number of hydrogen-bond donors (Lipinski definition) is 1. The maximum absolute atomic E-state index is 11.0. The number of carbonyl (C=O) groups is 1. The third-order valence-electron chi connectivity index (χ3n) is 1.90. The first kappa shape index (κ1) is 8.93. The van der Waals surface area contributed by atoms with Gasteiger partial charge < -0.3 is 10.5 Å². The van der Waals surface area contributed by atoms with Crippen LogP contribution in [-0.2, 0) is 9.53 Å². The summed E-state index contributed by atoms with van der Waals surface area (Å²) in [5, 5.41) is 0. The summed E-state index contributed by atoms with van der Waals surface area (Å²) in [7, 11) is 1.32. The Morgan fingerprint density at radius 2 is 2.33 bits per heavy atom. The number of hydrogen-bond acceptors (Lipinski definition) is 4. The number of rotatable bonds is 1. The standard InChI is InChI=1S/C8H12N2O2/c1-5-4-6(7(11)12-3)10-8(5,2)9/h4H,9H2,1-3H3. The molecule has 0 aromatic heterocycles. The van der Waals surface area contributed by atoms with Crippen molar-refractivity contribution in [2.75, 3.05) is 7.11 Å². The van der Waals surface area contributed by atoms with Gasteiger partial charge in [0.1, 0.15) is 11.4 Å². The Labute approximate surface area is 71.1 Å². The van der Waals surface area contributed by atoms with E-state index < -0.39 is 11.6 Å². The number of nitrogens with zero attached hydrogens (tertiary/aromatic N) is 1. The Balaban J connectivity index is 2.93. The van der Waals surface area contributed by atoms with Crippen molar-refractivity contribution >= 4 is 11.7 Å². The molecule has 0 aromatic carbocycles. The minimum Gasteiger partial charge on any atom is -0.464 e. The van der Waals surface area contributed by atoms with Crippen molar-refractivity contribution in [1.29, 1.82) is 0 Å². The first-order valence-corrected chi connectivity index (χ1v) is 3.63. The molecule has 1 aliphatic rings. The molecule has 1 unspecified atom stereocenters. The Morgan fingerprint density at radius 1 is 1.75 bits per heavy atom. The van der Waals surface area contributed by atoms with E-state index in [4.69, 9.17) is 5.73 Å². The molecule has 4 nitrogen and oxygen atoms in total. The van der Waals surface area contributed by atoms with Crippen LogP contribution in [0.4, 0.5) is 0 Å². The van der Waals surface area contributed by atoms with Crippen molar-refractivity contribution in [3.63, 3.8) is 0 Å². The van der Waals surface area contributed by atoms with Crippen molar-refractivity contribution in [2.45, 2.75) is 19.5 Å². The number of esters is 1. The number of carbonyl (C=O) groups excluding carboxylic acids is 1. The fourth-order valence-corrected chi connectivity index (χ4v) is 0.931. The summed E-state index contributed by atoms with van der Waals surface area (Å²) in [6.45, 7) is 3.58. The molecule has 0 radical (unpaired) electrons. The second kappa shape index (κ2) is 2.71. The molecule has 0 spiro atoms. The maximum Gasteiger partial charge on any atom is 0.356 e. The molecule has 0 aromatic rings. The summed E-state index contributed by atoms with van der Waals surface area (Å²) in [6, 6.07) is 0. The monoisotopic (exact) mass is 168 g/mol. The average Bonchev–Trinajstić information content (AvgIpc) is 2.25. The van der Waals surface area contributed by atoms with E-state index >= 15 is 0 Å². The summed E-state index contributed by atoms with van der Waals surface area (Å²) < 4.78 is 4.51. The molecule has 1 aliphatic heterocycles. The highest BCUT2D eigenvalue weighted by atomic mass is 16.5. The number of nitrogens with two attached hydrogens (primary N) is 1. The topological polar surface area (TPSA) is 64.7 Å². The highest BCUT2D eigenvalue weighted by Gasteiger charge is 2.28. The Morgan fingerprint density at radius 3 is 2.67 bits per heavy atom. The van der Waals surface area contributed by atoms with Crippen molar-refractivity contribution in [1.82, 2.24) is 0 Å². The normalized spacial score (nSPS) is 28.0. The maximum atomic E-state index is 11.0. The molecule has 0 aliphatic carbocycles. The van der Waals surface area contributed by atoms with Gasteiger partial charge in [-0.25, -0.2) is 4.79 Å². The van der Waals surface area contributed by atoms with Gasteiger partial charge in [-0.2, -0.15) is 0 Å². The smallest absolute Gasteiger partial charge is 0.356 e. The van der Waals surface area contributed by atoms with Gasteiger partial charge in [0.25, 0.3) is 0 Å². The second-order valence-electron chi connectivity index (χ2n) is 2.96. The van der Waals surface area contributed by atoms with Crippen LogP contribution in [-0.4, -0.2) is 24.5 Å². The van der Waals surface area contributed by atoms with Crippen LogP contribution in [0, 0.1) is 0 Å². The lowest BCUT2D eigenvalue weighted by atomic mass is 10.1. The molecule has 0 saturated heterocycles. The third-order valence-corrected chi connectivity index (χ3v) is 1.90. The Bertz CT molecular complexity index is 277. The van der Waals surface area contributed by atoms with Crippen molar-refractivity contribution in [3.05, 3.63) is 11.6 Å². The summed E-state index contributed by atoms with van der Waals surface area (Å²) >= 11 is 0. The summed E-state index contributed by atoms with van der Waals surface area (Å²) in [5.41, 5.74) is 6.15.